The van der Waals surface area contributed by atoms with Crippen LogP contribution in [0, 0.1) is 0 Å². The van der Waals surface area contributed by atoms with Crippen LogP contribution in [0.25, 0.3) is 0 Å². The molecule has 0 spiro atoms. The fourth-order valence-electron chi connectivity index (χ4n) is 2.99. The minimum Gasteiger partial charge on any atom is -0.377 e. The Morgan fingerprint density at radius 1 is 0.966 bits per heavy atom. The Morgan fingerprint density at radius 3 is 2.31 bits per heavy atom. The second kappa shape index (κ2) is 14.0. The number of thioether (sulfide) groups is 1. The molecule has 5 heteroatoms. The number of rotatable bonds is 12. The first-order chi connectivity index (χ1) is 14.2. The fourth-order valence-corrected chi connectivity index (χ4v) is 3.60. The fraction of sp³-hybridized carbons (Fsp3) is 0.417. The Labute approximate surface area is 180 Å². The summed E-state index contributed by atoms with van der Waals surface area (Å²) in [7, 11) is 0. The van der Waals surface area contributed by atoms with Gasteiger partial charge in [-0.25, -0.2) is 0 Å². The minimum absolute atomic E-state index is 0.482. The third-order valence-corrected chi connectivity index (χ3v) is 5.54. The van der Waals surface area contributed by atoms with Crippen molar-refractivity contribution in [3.63, 3.8) is 0 Å². The molecule has 0 bridgehead atoms. The van der Waals surface area contributed by atoms with Crippen molar-refractivity contribution in [3.8, 4) is 0 Å². The zero-order chi connectivity index (χ0) is 20.7. The van der Waals surface area contributed by atoms with Gasteiger partial charge in [-0.1, -0.05) is 93.0 Å². The topological polar surface area (TPSA) is 54.0 Å². The number of unbranched alkanes of at least 4 members (excludes halogenated alkanes) is 2. The van der Waals surface area contributed by atoms with E-state index in [0.717, 1.165) is 31.0 Å². The van der Waals surface area contributed by atoms with Gasteiger partial charge >= 0.3 is 0 Å². The van der Waals surface area contributed by atoms with E-state index in [-0.39, 0.29) is 0 Å². The number of benzene rings is 2. The SMILES string of the molecule is CCCCN(CCCC)Cc1ccccc1C=NN=C(N)SCc1ccccc1. The number of hydrogen-bond donors (Lipinski definition) is 1. The van der Waals surface area contributed by atoms with Crippen LogP contribution in [0.15, 0.2) is 64.8 Å². The highest BCUT2D eigenvalue weighted by atomic mass is 32.2. The summed E-state index contributed by atoms with van der Waals surface area (Å²) in [4.78, 5) is 2.55. The third kappa shape index (κ3) is 9.29. The molecule has 0 saturated carbocycles. The van der Waals surface area contributed by atoms with E-state index in [9.17, 15) is 0 Å². The molecule has 2 aromatic rings. The number of nitrogens with zero attached hydrogens (tertiary/aromatic N) is 3. The summed E-state index contributed by atoms with van der Waals surface area (Å²) in [6.45, 7) is 7.73. The Morgan fingerprint density at radius 2 is 1.62 bits per heavy atom. The van der Waals surface area contributed by atoms with E-state index < -0.39 is 0 Å². The van der Waals surface area contributed by atoms with Crippen LogP contribution in [0.3, 0.4) is 0 Å². The van der Waals surface area contributed by atoms with Gasteiger partial charge in [-0.15, -0.1) is 5.10 Å². The summed E-state index contributed by atoms with van der Waals surface area (Å²) in [6.07, 6.45) is 6.74. The first-order valence-corrected chi connectivity index (χ1v) is 11.5. The van der Waals surface area contributed by atoms with Gasteiger partial charge in [-0.2, -0.15) is 5.10 Å². The van der Waals surface area contributed by atoms with Gasteiger partial charge in [-0.3, -0.25) is 4.90 Å². The number of amidine groups is 1. The average molecular weight is 411 g/mol. The predicted molar refractivity (Wildman–Crippen MR) is 128 cm³/mol. The monoisotopic (exact) mass is 410 g/mol. The molecule has 0 atom stereocenters. The molecule has 0 amide bonds. The van der Waals surface area contributed by atoms with Crippen LogP contribution in [0.4, 0.5) is 0 Å². The van der Waals surface area contributed by atoms with E-state index >= 15 is 0 Å². The van der Waals surface area contributed by atoms with Gasteiger partial charge in [-0.05, 0) is 42.6 Å². The molecule has 0 aromatic heterocycles. The maximum atomic E-state index is 6.01. The second-order valence-corrected chi connectivity index (χ2v) is 8.13. The maximum absolute atomic E-state index is 6.01. The van der Waals surface area contributed by atoms with E-state index in [1.165, 1.54) is 48.6 Å². The Balaban J connectivity index is 1.97. The highest BCUT2D eigenvalue weighted by Gasteiger charge is 2.08. The van der Waals surface area contributed by atoms with Gasteiger partial charge in [0.1, 0.15) is 0 Å². The van der Waals surface area contributed by atoms with E-state index in [1.807, 2.05) is 30.5 Å². The van der Waals surface area contributed by atoms with Crippen molar-refractivity contribution >= 4 is 23.1 Å². The van der Waals surface area contributed by atoms with Crippen LogP contribution in [-0.4, -0.2) is 29.4 Å². The molecule has 0 aliphatic rings. The molecule has 0 unspecified atom stereocenters. The Bertz CT molecular complexity index is 750. The molecule has 0 saturated heterocycles. The molecule has 0 heterocycles. The molecule has 4 nitrogen and oxygen atoms in total. The van der Waals surface area contributed by atoms with Crippen LogP contribution >= 0.6 is 11.8 Å². The first kappa shape index (κ1) is 23.2. The first-order valence-electron chi connectivity index (χ1n) is 10.6. The number of hydrogen-bond acceptors (Lipinski definition) is 4. The van der Waals surface area contributed by atoms with Crippen LogP contribution < -0.4 is 5.73 Å². The van der Waals surface area contributed by atoms with E-state index in [4.69, 9.17) is 5.73 Å². The van der Waals surface area contributed by atoms with E-state index in [1.54, 1.807) is 0 Å². The lowest BCUT2D eigenvalue weighted by Crippen LogP contribution is -2.26. The molecule has 0 radical (unpaired) electrons. The Hall–Kier alpha value is -2.11. The van der Waals surface area contributed by atoms with Crippen molar-refractivity contribution in [2.75, 3.05) is 13.1 Å². The lowest BCUT2D eigenvalue weighted by molar-refractivity contribution is 0.257. The van der Waals surface area contributed by atoms with Crippen LogP contribution in [0.5, 0.6) is 0 Å². The van der Waals surface area contributed by atoms with Gasteiger partial charge in [0.2, 0.25) is 0 Å². The molecule has 0 fully saturated rings. The molecular formula is C24H34N4S. The molecule has 2 aromatic carbocycles. The minimum atomic E-state index is 0.482. The molecule has 29 heavy (non-hydrogen) atoms. The second-order valence-electron chi connectivity index (χ2n) is 7.14. The normalized spacial score (nSPS) is 12.2. The molecule has 2 rings (SSSR count). The van der Waals surface area contributed by atoms with E-state index in [0.29, 0.717) is 5.17 Å². The van der Waals surface area contributed by atoms with Crippen molar-refractivity contribution in [1.29, 1.82) is 0 Å². The summed E-state index contributed by atoms with van der Waals surface area (Å²) < 4.78 is 0. The summed E-state index contributed by atoms with van der Waals surface area (Å²) in [5.74, 6) is 0.798. The lowest BCUT2D eigenvalue weighted by atomic mass is 10.1. The predicted octanol–water partition coefficient (Wildman–Crippen LogP) is 5.67. The Kier molecular flexibility index (Phi) is 11.2. The third-order valence-electron chi connectivity index (χ3n) is 4.69. The van der Waals surface area contributed by atoms with Gasteiger partial charge in [0.05, 0.1) is 6.21 Å². The summed E-state index contributed by atoms with van der Waals surface area (Å²) in [6, 6.07) is 18.7. The highest BCUT2D eigenvalue weighted by Crippen LogP contribution is 2.13. The highest BCUT2D eigenvalue weighted by molar-refractivity contribution is 8.13. The lowest BCUT2D eigenvalue weighted by Gasteiger charge is -2.22. The van der Waals surface area contributed by atoms with Gasteiger partial charge < -0.3 is 5.73 Å². The van der Waals surface area contributed by atoms with Gasteiger partial charge in [0.15, 0.2) is 5.17 Å². The molecule has 156 valence electrons. The van der Waals surface area contributed by atoms with Crippen LogP contribution in [-0.2, 0) is 12.3 Å². The summed E-state index contributed by atoms with van der Waals surface area (Å²) >= 11 is 1.50. The van der Waals surface area contributed by atoms with Crippen molar-refractivity contribution in [2.45, 2.75) is 51.8 Å². The average Bonchev–Trinajstić information content (AvgIpc) is 2.76. The van der Waals surface area contributed by atoms with Gasteiger partial charge in [0.25, 0.3) is 0 Å². The van der Waals surface area contributed by atoms with E-state index in [2.05, 4.69) is 59.3 Å². The van der Waals surface area contributed by atoms with Crippen LogP contribution in [0.1, 0.15) is 56.2 Å². The smallest absolute Gasteiger partial charge is 0.180 e. The van der Waals surface area contributed by atoms with Crippen LogP contribution in [0.2, 0.25) is 0 Å². The standard InChI is InChI=1S/C24H34N4S/c1-3-5-16-28(17-6-4-2)19-23-15-11-10-14-22(23)18-26-27-24(25)29-20-21-12-8-7-9-13-21/h7-15,18H,3-6,16-17,19-20H2,1-2H3,(H2,25,27). The van der Waals surface area contributed by atoms with Crippen molar-refractivity contribution < 1.29 is 0 Å². The van der Waals surface area contributed by atoms with Crippen molar-refractivity contribution in [2.24, 2.45) is 15.9 Å². The zero-order valence-corrected chi connectivity index (χ0v) is 18.6. The maximum Gasteiger partial charge on any atom is 0.180 e. The largest absolute Gasteiger partial charge is 0.377 e. The number of nitrogens with two attached hydrogens (primary N) is 1. The summed E-state index contributed by atoms with van der Waals surface area (Å²) in [5, 5.41) is 8.89. The quantitative estimate of drug-likeness (QED) is 0.279. The van der Waals surface area contributed by atoms with Crippen molar-refractivity contribution in [1.82, 2.24) is 4.90 Å². The molecule has 0 aliphatic heterocycles. The summed E-state index contributed by atoms with van der Waals surface area (Å²) in [5.41, 5.74) is 9.62. The van der Waals surface area contributed by atoms with Gasteiger partial charge in [0, 0.05) is 12.3 Å². The van der Waals surface area contributed by atoms with Crippen molar-refractivity contribution in [3.05, 3.63) is 71.3 Å². The zero-order valence-electron chi connectivity index (χ0n) is 17.8. The molecular weight excluding hydrogens is 376 g/mol. The molecule has 0 aliphatic carbocycles. The molecule has 2 N–H and O–H groups in total.